The lowest BCUT2D eigenvalue weighted by molar-refractivity contribution is -0.115. The molecule has 1 N–H and O–H groups in total. The summed E-state index contributed by atoms with van der Waals surface area (Å²) >= 11 is 0. The topological polar surface area (TPSA) is 59.3 Å². The van der Waals surface area contributed by atoms with Crippen LogP contribution in [-0.2, 0) is 11.2 Å². The lowest BCUT2D eigenvalue weighted by Gasteiger charge is -2.04. The molecule has 3 heterocycles. The van der Waals surface area contributed by atoms with Gasteiger partial charge in [-0.15, -0.1) is 0 Å². The molecule has 1 amide bonds. The van der Waals surface area contributed by atoms with E-state index in [-0.39, 0.29) is 5.91 Å². The molecule has 0 saturated heterocycles. The third-order valence-electron chi connectivity index (χ3n) is 3.47. The Morgan fingerprint density at radius 3 is 3.05 bits per heavy atom. The minimum atomic E-state index is 0.0470. The molecule has 20 heavy (non-hydrogen) atoms. The fourth-order valence-corrected chi connectivity index (χ4v) is 2.54. The number of hydrogen-bond acceptors (Lipinski definition) is 3. The molecule has 1 aliphatic heterocycles. The maximum absolute atomic E-state index is 11.4. The molecule has 0 saturated carbocycles. The van der Waals surface area contributed by atoms with Crippen LogP contribution in [-0.4, -0.2) is 20.5 Å². The van der Waals surface area contributed by atoms with Gasteiger partial charge in [0.25, 0.3) is 0 Å². The molecule has 0 radical (unpaired) electrons. The molecule has 5 heteroatoms. The maximum atomic E-state index is 11.4. The van der Waals surface area contributed by atoms with E-state index in [1.165, 1.54) is 0 Å². The first-order valence-electron chi connectivity index (χ1n) is 6.45. The smallest absolute Gasteiger partial charge is 0.228 e. The van der Waals surface area contributed by atoms with Crippen LogP contribution in [0.3, 0.4) is 0 Å². The number of rotatable bonds is 1. The average molecular weight is 264 g/mol. The molecule has 0 bridgehead atoms. The van der Waals surface area contributed by atoms with Crippen molar-refractivity contribution in [3.63, 3.8) is 0 Å². The van der Waals surface area contributed by atoms with Crippen molar-refractivity contribution in [2.24, 2.45) is 0 Å². The Morgan fingerprint density at radius 2 is 2.15 bits per heavy atom. The minimum absolute atomic E-state index is 0.0470. The monoisotopic (exact) mass is 264 g/mol. The molecule has 1 aromatic carbocycles. The lowest BCUT2D eigenvalue weighted by Crippen LogP contribution is -2.03. The number of carbonyl (C=O) groups is 1. The van der Waals surface area contributed by atoms with E-state index in [0.717, 1.165) is 33.8 Å². The van der Waals surface area contributed by atoms with Crippen LogP contribution < -0.4 is 5.32 Å². The fourth-order valence-electron chi connectivity index (χ4n) is 2.54. The Labute approximate surface area is 115 Å². The van der Waals surface area contributed by atoms with E-state index in [0.29, 0.717) is 6.42 Å². The molecule has 0 spiro atoms. The molecule has 0 aliphatic carbocycles. The molecule has 0 unspecified atom stereocenters. The summed E-state index contributed by atoms with van der Waals surface area (Å²) in [5.41, 5.74) is 5.59. The number of nitrogens with zero attached hydrogens (tertiary/aromatic N) is 3. The van der Waals surface area contributed by atoms with Crippen LogP contribution in [0.15, 0.2) is 36.5 Å². The van der Waals surface area contributed by atoms with Crippen LogP contribution in [0.5, 0.6) is 0 Å². The number of hydrogen-bond donors (Lipinski definition) is 1. The van der Waals surface area contributed by atoms with Gasteiger partial charge in [-0.3, -0.25) is 4.79 Å². The summed E-state index contributed by atoms with van der Waals surface area (Å²) in [4.78, 5) is 15.7. The van der Waals surface area contributed by atoms with E-state index in [4.69, 9.17) is 0 Å². The van der Waals surface area contributed by atoms with Gasteiger partial charge in [0.15, 0.2) is 5.65 Å². The van der Waals surface area contributed by atoms with E-state index < -0.39 is 0 Å². The van der Waals surface area contributed by atoms with Crippen molar-refractivity contribution in [3.8, 4) is 11.3 Å². The Morgan fingerprint density at radius 1 is 1.25 bits per heavy atom. The minimum Gasteiger partial charge on any atom is -0.326 e. The second kappa shape index (κ2) is 3.90. The predicted molar refractivity (Wildman–Crippen MR) is 75.5 cm³/mol. The number of imidazole rings is 1. The van der Waals surface area contributed by atoms with Gasteiger partial charge >= 0.3 is 0 Å². The zero-order valence-electron chi connectivity index (χ0n) is 10.9. The zero-order valence-corrected chi connectivity index (χ0v) is 10.9. The molecule has 3 aromatic rings. The van der Waals surface area contributed by atoms with E-state index in [1.807, 2.05) is 43.5 Å². The van der Waals surface area contributed by atoms with Gasteiger partial charge in [0.1, 0.15) is 0 Å². The van der Waals surface area contributed by atoms with Crippen molar-refractivity contribution in [2.45, 2.75) is 13.3 Å². The number of fused-ring (bicyclic) bond motifs is 2. The summed E-state index contributed by atoms with van der Waals surface area (Å²) < 4.78 is 1.78. The average Bonchev–Trinajstić information content (AvgIpc) is 2.97. The molecule has 0 fully saturated rings. The Hall–Kier alpha value is -2.69. The number of anilines is 1. The quantitative estimate of drug-likeness (QED) is 0.733. The zero-order chi connectivity index (χ0) is 13.7. The standard InChI is InChI=1S/C15H12N4O/c1-9-8-19-14(16-9)5-4-13(18-19)10-2-3-12-11(6-10)7-15(20)17-12/h2-6,8H,7H2,1H3,(H,17,20). The van der Waals surface area contributed by atoms with Crippen LogP contribution in [0.25, 0.3) is 16.9 Å². The fraction of sp³-hybridized carbons (Fsp3) is 0.133. The van der Waals surface area contributed by atoms with Gasteiger partial charge < -0.3 is 5.32 Å². The van der Waals surface area contributed by atoms with Gasteiger partial charge in [0.2, 0.25) is 5.91 Å². The van der Waals surface area contributed by atoms with E-state index in [2.05, 4.69) is 15.4 Å². The van der Waals surface area contributed by atoms with Gasteiger partial charge in [-0.05, 0) is 36.8 Å². The van der Waals surface area contributed by atoms with Crippen molar-refractivity contribution in [1.82, 2.24) is 14.6 Å². The van der Waals surface area contributed by atoms with Crippen molar-refractivity contribution >= 4 is 17.2 Å². The first-order chi connectivity index (χ1) is 9.69. The SMILES string of the molecule is Cc1cn2nc(-c3ccc4c(c3)CC(=O)N4)ccc2n1. The van der Waals surface area contributed by atoms with Gasteiger partial charge in [-0.25, -0.2) is 9.50 Å². The number of nitrogens with one attached hydrogen (secondary N) is 1. The highest BCUT2D eigenvalue weighted by molar-refractivity contribution is 5.99. The van der Waals surface area contributed by atoms with Crippen molar-refractivity contribution in [2.75, 3.05) is 5.32 Å². The van der Waals surface area contributed by atoms with Crippen LogP contribution >= 0.6 is 0 Å². The first-order valence-corrected chi connectivity index (χ1v) is 6.45. The number of aryl methyl sites for hydroxylation is 1. The van der Waals surface area contributed by atoms with Crippen LogP contribution in [0, 0.1) is 6.92 Å². The molecule has 5 nitrogen and oxygen atoms in total. The third-order valence-corrected chi connectivity index (χ3v) is 3.47. The van der Waals surface area contributed by atoms with E-state index in [1.54, 1.807) is 4.52 Å². The number of aromatic nitrogens is 3. The summed E-state index contributed by atoms with van der Waals surface area (Å²) in [6.45, 7) is 1.95. The molecular weight excluding hydrogens is 252 g/mol. The third kappa shape index (κ3) is 1.67. The number of carbonyl (C=O) groups excluding carboxylic acids is 1. The first kappa shape index (κ1) is 11.2. The highest BCUT2D eigenvalue weighted by Gasteiger charge is 2.18. The molecule has 1 aliphatic rings. The van der Waals surface area contributed by atoms with Gasteiger partial charge in [-0.1, -0.05) is 6.07 Å². The Bertz CT molecular complexity index is 850. The summed E-state index contributed by atoms with van der Waals surface area (Å²) in [7, 11) is 0. The number of benzene rings is 1. The van der Waals surface area contributed by atoms with Crippen molar-refractivity contribution < 1.29 is 4.79 Å². The second-order valence-electron chi connectivity index (χ2n) is 5.00. The molecule has 98 valence electrons. The number of amides is 1. The van der Waals surface area contributed by atoms with Gasteiger partial charge in [-0.2, -0.15) is 5.10 Å². The summed E-state index contributed by atoms with van der Waals surface area (Å²) in [6.07, 6.45) is 2.34. The van der Waals surface area contributed by atoms with Crippen molar-refractivity contribution in [3.05, 3.63) is 47.8 Å². The lowest BCUT2D eigenvalue weighted by atomic mass is 10.1. The Kier molecular flexibility index (Phi) is 2.18. The van der Waals surface area contributed by atoms with Gasteiger partial charge in [0, 0.05) is 11.3 Å². The second-order valence-corrected chi connectivity index (χ2v) is 5.00. The molecule has 2 aromatic heterocycles. The molecule has 0 atom stereocenters. The normalized spacial score (nSPS) is 13.6. The predicted octanol–water partition coefficient (Wildman–Crippen LogP) is 2.20. The maximum Gasteiger partial charge on any atom is 0.228 e. The summed E-state index contributed by atoms with van der Waals surface area (Å²) in [6, 6.07) is 9.83. The van der Waals surface area contributed by atoms with Crippen molar-refractivity contribution in [1.29, 1.82) is 0 Å². The highest BCUT2D eigenvalue weighted by atomic mass is 16.1. The van der Waals surface area contributed by atoms with Crippen LogP contribution in [0.2, 0.25) is 0 Å². The Balaban J connectivity index is 1.82. The summed E-state index contributed by atoms with van der Waals surface area (Å²) in [5, 5.41) is 7.39. The van der Waals surface area contributed by atoms with Crippen LogP contribution in [0.4, 0.5) is 5.69 Å². The van der Waals surface area contributed by atoms with Gasteiger partial charge in [0.05, 0.1) is 24.0 Å². The van der Waals surface area contributed by atoms with E-state index >= 15 is 0 Å². The molecule has 4 rings (SSSR count). The largest absolute Gasteiger partial charge is 0.326 e. The van der Waals surface area contributed by atoms with Crippen LogP contribution in [0.1, 0.15) is 11.3 Å². The van der Waals surface area contributed by atoms with E-state index in [9.17, 15) is 4.79 Å². The highest BCUT2D eigenvalue weighted by Crippen LogP contribution is 2.28. The summed E-state index contributed by atoms with van der Waals surface area (Å²) in [5.74, 6) is 0.0470. The molecular formula is C15H12N4O.